The van der Waals surface area contributed by atoms with E-state index >= 15 is 0 Å². The molecule has 14 nitrogen and oxygen atoms in total. The van der Waals surface area contributed by atoms with Crippen LogP contribution in [0.5, 0.6) is 0 Å². The first-order chi connectivity index (χ1) is 12.9. The number of aliphatic carboxylic acids is 3. The number of carbonyl (C=O) groups is 5. The van der Waals surface area contributed by atoms with E-state index in [9.17, 15) is 29.1 Å². The molecule has 0 bridgehead atoms. The summed E-state index contributed by atoms with van der Waals surface area (Å²) >= 11 is 0. The van der Waals surface area contributed by atoms with Gasteiger partial charge in [0, 0.05) is 6.54 Å². The summed E-state index contributed by atoms with van der Waals surface area (Å²) in [6, 6.07) is -4.55. The lowest BCUT2D eigenvalue weighted by Crippen LogP contribution is -2.55. The van der Waals surface area contributed by atoms with Crippen LogP contribution in [0.25, 0.3) is 0 Å². The van der Waals surface area contributed by atoms with Crippen molar-refractivity contribution in [1.82, 2.24) is 10.6 Å². The van der Waals surface area contributed by atoms with Gasteiger partial charge in [-0.15, -0.1) is 0 Å². The quantitative estimate of drug-likeness (QED) is 0.0843. The smallest absolute Gasteiger partial charge is 0.326 e. The Morgan fingerprint density at radius 1 is 0.857 bits per heavy atom. The van der Waals surface area contributed by atoms with Gasteiger partial charge in [-0.3, -0.25) is 24.2 Å². The SMILES string of the molecule is NC(N)=NCCC[C@H](NC(=O)[C@H](CC(=O)O)NC(=O)[C@@H](N)CC(=O)O)C(=O)O. The number of nitrogens with one attached hydrogen (secondary N) is 2. The topological polar surface area (TPSA) is 261 Å². The number of rotatable bonds is 13. The van der Waals surface area contributed by atoms with Gasteiger partial charge in [-0.2, -0.15) is 0 Å². The third-order valence-electron chi connectivity index (χ3n) is 3.30. The predicted molar refractivity (Wildman–Crippen MR) is 93.9 cm³/mol. The minimum atomic E-state index is -1.65. The van der Waals surface area contributed by atoms with Crippen LogP contribution in [0.15, 0.2) is 4.99 Å². The van der Waals surface area contributed by atoms with Gasteiger partial charge in [-0.05, 0) is 12.8 Å². The molecule has 0 unspecified atom stereocenters. The van der Waals surface area contributed by atoms with Crippen LogP contribution >= 0.6 is 0 Å². The van der Waals surface area contributed by atoms with Crippen molar-refractivity contribution in [2.75, 3.05) is 6.54 Å². The van der Waals surface area contributed by atoms with Crippen LogP contribution < -0.4 is 27.8 Å². The van der Waals surface area contributed by atoms with Crippen molar-refractivity contribution in [3.05, 3.63) is 0 Å². The summed E-state index contributed by atoms with van der Waals surface area (Å²) in [6.45, 7) is 0.112. The van der Waals surface area contributed by atoms with E-state index in [1.807, 2.05) is 5.32 Å². The Morgan fingerprint density at radius 3 is 1.86 bits per heavy atom. The summed E-state index contributed by atoms with van der Waals surface area (Å²) in [5.74, 6) is -6.53. The van der Waals surface area contributed by atoms with Crippen molar-refractivity contribution in [1.29, 1.82) is 0 Å². The summed E-state index contributed by atoms with van der Waals surface area (Å²) < 4.78 is 0. The van der Waals surface area contributed by atoms with Crippen molar-refractivity contribution in [3.8, 4) is 0 Å². The van der Waals surface area contributed by atoms with Gasteiger partial charge in [0.15, 0.2) is 5.96 Å². The highest BCUT2D eigenvalue weighted by Crippen LogP contribution is 2.02. The molecule has 0 aromatic heterocycles. The predicted octanol–water partition coefficient (Wildman–Crippen LogP) is -3.63. The maximum Gasteiger partial charge on any atom is 0.326 e. The maximum absolute atomic E-state index is 12.2. The van der Waals surface area contributed by atoms with Gasteiger partial charge in [0.2, 0.25) is 11.8 Å². The number of aliphatic imine (C=N–C) groups is 1. The molecule has 158 valence electrons. The molecule has 0 aliphatic heterocycles. The maximum atomic E-state index is 12.2. The molecule has 28 heavy (non-hydrogen) atoms. The zero-order valence-electron chi connectivity index (χ0n) is 14.8. The number of carboxylic acid groups (broad SMARTS) is 3. The van der Waals surface area contributed by atoms with E-state index in [1.165, 1.54) is 0 Å². The van der Waals surface area contributed by atoms with Gasteiger partial charge in [0.1, 0.15) is 12.1 Å². The number of carboxylic acids is 3. The molecule has 0 aliphatic rings. The zero-order chi connectivity index (χ0) is 21.9. The van der Waals surface area contributed by atoms with E-state index in [4.69, 9.17) is 27.4 Å². The Bertz CT molecular complexity index is 633. The third kappa shape index (κ3) is 10.5. The Hall–Kier alpha value is -3.42. The van der Waals surface area contributed by atoms with Crippen LogP contribution in [0.3, 0.4) is 0 Å². The molecule has 11 N–H and O–H groups in total. The Morgan fingerprint density at radius 2 is 1.39 bits per heavy atom. The van der Waals surface area contributed by atoms with Gasteiger partial charge < -0.3 is 43.2 Å². The summed E-state index contributed by atoms with van der Waals surface area (Å²) in [4.78, 5) is 60.5. The molecule has 2 amide bonds. The van der Waals surface area contributed by atoms with E-state index in [2.05, 4.69) is 10.3 Å². The van der Waals surface area contributed by atoms with Crippen LogP contribution in [0, 0.1) is 0 Å². The minimum absolute atomic E-state index is 0.0654. The molecule has 0 saturated carbocycles. The molecule has 0 radical (unpaired) electrons. The second-order valence-corrected chi connectivity index (χ2v) is 5.71. The highest BCUT2D eigenvalue weighted by Gasteiger charge is 2.29. The molecule has 0 aromatic carbocycles. The van der Waals surface area contributed by atoms with Crippen LogP contribution in [0.1, 0.15) is 25.7 Å². The normalized spacial score (nSPS) is 13.5. The molecule has 3 atom stereocenters. The van der Waals surface area contributed by atoms with Crippen molar-refractivity contribution in [2.24, 2.45) is 22.2 Å². The molecule has 0 saturated heterocycles. The van der Waals surface area contributed by atoms with Crippen molar-refractivity contribution in [3.63, 3.8) is 0 Å². The molecule has 14 heteroatoms. The standard InChI is InChI=1S/C14H24N6O8/c15-6(4-9(21)22)11(25)20-8(5-10(23)24)12(26)19-7(13(27)28)2-1-3-18-14(16)17/h6-8H,1-5,15H2,(H,19,26)(H,20,25)(H,21,22)(H,23,24)(H,27,28)(H4,16,17,18)/t6-,7-,8-/m0/s1. The second kappa shape index (κ2) is 12.1. The Balaban J connectivity index is 5.02. The van der Waals surface area contributed by atoms with Crippen molar-refractivity contribution < 1.29 is 39.3 Å². The molecule has 0 aromatic rings. The van der Waals surface area contributed by atoms with Crippen LogP contribution in [-0.4, -0.2) is 75.7 Å². The first kappa shape index (κ1) is 24.6. The number of hydrogen-bond donors (Lipinski definition) is 8. The third-order valence-corrected chi connectivity index (χ3v) is 3.30. The molecule has 0 heterocycles. The summed E-state index contributed by atoms with van der Waals surface area (Å²) in [5.41, 5.74) is 15.6. The first-order valence-electron chi connectivity index (χ1n) is 8.02. The lowest BCUT2D eigenvalue weighted by molar-refractivity contribution is -0.144. The molecule has 0 rings (SSSR count). The summed E-state index contributed by atoms with van der Waals surface area (Å²) in [5, 5.41) is 30.8. The van der Waals surface area contributed by atoms with E-state index in [1.54, 1.807) is 0 Å². The van der Waals surface area contributed by atoms with E-state index in [0.717, 1.165) is 0 Å². The summed E-state index contributed by atoms with van der Waals surface area (Å²) in [6.07, 6.45) is -1.47. The van der Waals surface area contributed by atoms with E-state index in [-0.39, 0.29) is 25.3 Å². The lowest BCUT2D eigenvalue weighted by atomic mass is 10.1. The fourth-order valence-corrected chi connectivity index (χ4v) is 1.98. The number of nitrogens with two attached hydrogens (primary N) is 3. The number of hydrogen-bond acceptors (Lipinski definition) is 7. The highest BCUT2D eigenvalue weighted by molar-refractivity contribution is 5.94. The van der Waals surface area contributed by atoms with E-state index in [0.29, 0.717) is 0 Å². The Labute approximate surface area is 159 Å². The average molecular weight is 404 g/mol. The average Bonchev–Trinajstić information content (AvgIpc) is 2.55. The lowest BCUT2D eigenvalue weighted by Gasteiger charge is -2.21. The van der Waals surface area contributed by atoms with E-state index < -0.39 is 60.7 Å². The Kier molecular flexibility index (Phi) is 10.6. The zero-order valence-corrected chi connectivity index (χ0v) is 14.8. The minimum Gasteiger partial charge on any atom is -0.481 e. The van der Waals surface area contributed by atoms with Gasteiger partial charge >= 0.3 is 17.9 Å². The van der Waals surface area contributed by atoms with Gasteiger partial charge in [0.05, 0.1) is 18.9 Å². The molecular formula is C14H24N6O8. The van der Waals surface area contributed by atoms with Crippen LogP contribution in [0.2, 0.25) is 0 Å². The molecule has 0 fully saturated rings. The van der Waals surface area contributed by atoms with Crippen molar-refractivity contribution >= 4 is 35.7 Å². The number of amides is 2. The van der Waals surface area contributed by atoms with Gasteiger partial charge in [-0.25, -0.2) is 4.79 Å². The second-order valence-electron chi connectivity index (χ2n) is 5.71. The fraction of sp³-hybridized carbons (Fsp3) is 0.571. The largest absolute Gasteiger partial charge is 0.481 e. The number of nitrogens with zero attached hydrogens (tertiary/aromatic N) is 1. The first-order valence-corrected chi connectivity index (χ1v) is 8.02. The number of carbonyl (C=O) groups excluding carboxylic acids is 2. The molecule has 0 spiro atoms. The van der Waals surface area contributed by atoms with Gasteiger partial charge in [-0.1, -0.05) is 0 Å². The number of guanidine groups is 1. The van der Waals surface area contributed by atoms with Crippen LogP contribution in [0.4, 0.5) is 0 Å². The molecule has 0 aliphatic carbocycles. The summed E-state index contributed by atoms with van der Waals surface area (Å²) in [7, 11) is 0. The van der Waals surface area contributed by atoms with Crippen molar-refractivity contribution in [2.45, 2.75) is 43.8 Å². The molecular weight excluding hydrogens is 380 g/mol. The van der Waals surface area contributed by atoms with Crippen LogP contribution in [-0.2, 0) is 24.0 Å². The van der Waals surface area contributed by atoms with Gasteiger partial charge in [0.25, 0.3) is 0 Å². The fourth-order valence-electron chi connectivity index (χ4n) is 1.98. The monoisotopic (exact) mass is 404 g/mol. The highest BCUT2D eigenvalue weighted by atomic mass is 16.4.